The summed E-state index contributed by atoms with van der Waals surface area (Å²) in [6.45, 7) is 0.0407. The van der Waals surface area contributed by atoms with E-state index in [2.05, 4.69) is 10.9 Å². The number of hydrogen-bond donors (Lipinski definition) is 2. The first-order chi connectivity index (χ1) is 16.0. The third-order valence-corrected chi connectivity index (χ3v) is 4.83. The summed E-state index contributed by atoms with van der Waals surface area (Å²) in [6, 6.07) is 19.5. The molecule has 0 bridgehead atoms. The van der Waals surface area contributed by atoms with Crippen LogP contribution in [0, 0.1) is 0 Å². The van der Waals surface area contributed by atoms with E-state index in [-0.39, 0.29) is 18.9 Å². The Morgan fingerprint density at radius 3 is 2.48 bits per heavy atom. The molecule has 2 heterocycles. The monoisotopic (exact) mass is 447 g/mol. The van der Waals surface area contributed by atoms with Gasteiger partial charge in [-0.15, -0.1) is 0 Å². The van der Waals surface area contributed by atoms with E-state index in [0.29, 0.717) is 28.0 Å². The minimum Gasteiger partial charge on any atom is -0.486 e. The molecule has 0 radical (unpaired) electrons. The molecule has 2 aromatic carbocycles. The van der Waals surface area contributed by atoms with Crippen molar-refractivity contribution in [2.75, 3.05) is 7.11 Å². The van der Waals surface area contributed by atoms with Gasteiger partial charge in [0, 0.05) is 17.1 Å². The number of methoxy groups -OCH3 is 1. The number of carbonyl (C=O) groups is 3. The first-order valence-corrected chi connectivity index (χ1v) is 10.1. The van der Waals surface area contributed by atoms with Crippen LogP contribution in [0.2, 0.25) is 0 Å². The average Bonchev–Trinajstić information content (AvgIpc) is 3.47. The van der Waals surface area contributed by atoms with Crippen LogP contribution in [0.25, 0.3) is 10.9 Å². The molecule has 0 aliphatic heterocycles. The van der Waals surface area contributed by atoms with E-state index in [0.717, 1.165) is 0 Å². The van der Waals surface area contributed by atoms with E-state index in [9.17, 15) is 14.4 Å². The number of esters is 1. The molecular weight excluding hydrogens is 426 g/mol. The molecular formula is C24H21N3O6. The third kappa shape index (κ3) is 5.04. The number of nitrogens with zero attached hydrogens (tertiary/aromatic N) is 1. The number of furan rings is 1. The lowest BCUT2D eigenvalue weighted by Gasteiger charge is -2.08. The molecule has 168 valence electrons. The van der Waals surface area contributed by atoms with Gasteiger partial charge in [0.25, 0.3) is 5.91 Å². The third-order valence-electron chi connectivity index (χ3n) is 4.83. The van der Waals surface area contributed by atoms with Gasteiger partial charge in [0.1, 0.15) is 24.7 Å². The van der Waals surface area contributed by atoms with Gasteiger partial charge in [0.2, 0.25) is 0 Å². The predicted molar refractivity (Wildman–Crippen MR) is 118 cm³/mol. The maximum Gasteiger partial charge on any atom is 0.340 e. The maximum absolute atomic E-state index is 12.4. The number of nitrogens with one attached hydrogen (secondary N) is 2. The second kappa shape index (κ2) is 9.73. The van der Waals surface area contributed by atoms with Crippen molar-refractivity contribution in [1.29, 1.82) is 0 Å². The summed E-state index contributed by atoms with van der Waals surface area (Å²) in [6.07, 6.45) is 1.55. The van der Waals surface area contributed by atoms with Crippen LogP contribution < -0.4 is 15.6 Å². The van der Waals surface area contributed by atoms with Crippen molar-refractivity contribution < 1.29 is 28.3 Å². The van der Waals surface area contributed by atoms with E-state index < -0.39 is 17.8 Å². The Hall–Kier alpha value is -4.53. The minimum atomic E-state index is -0.609. The van der Waals surface area contributed by atoms with E-state index in [4.69, 9.17) is 13.9 Å². The molecule has 2 amide bonds. The van der Waals surface area contributed by atoms with Crippen LogP contribution in [0.4, 0.5) is 0 Å². The van der Waals surface area contributed by atoms with Crippen molar-refractivity contribution in [1.82, 2.24) is 15.4 Å². The summed E-state index contributed by atoms with van der Waals surface area (Å²) in [5.74, 6) is -0.420. The molecule has 4 aromatic rings. The fourth-order valence-corrected chi connectivity index (χ4v) is 3.28. The molecule has 4 rings (SSSR count). The number of para-hydroxylation sites is 2. The highest BCUT2D eigenvalue weighted by Crippen LogP contribution is 2.22. The molecule has 0 aliphatic carbocycles. The Morgan fingerprint density at radius 2 is 1.70 bits per heavy atom. The second-order valence-electron chi connectivity index (χ2n) is 7.05. The number of amides is 2. The molecule has 2 aromatic heterocycles. The zero-order chi connectivity index (χ0) is 23.2. The standard InChI is InChI=1S/C24H21N3O6/c1-31-24(30)19-13-27(20-10-6-5-9-18(19)20)14-22(28)25-26-23(29)21-12-11-17(33-21)15-32-16-7-3-2-4-8-16/h2-13H,14-15H2,1H3,(H,25,28)(H,26,29). The van der Waals surface area contributed by atoms with Gasteiger partial charge in [0.05, 0.1) is 12.7 Å². The predicted octanol–water partition coefficient (Wildman–Crippen LogP) is 3.06. The van der Waals surface area contributed by atoms with Crippen LogP contribution in [0.5, 0.6) is 5.75 Å². The molecule has 9 heteroatoms. The highest BCUT2D eigenvalue weighted by atomic mass is 16.5. The molecule has 0 saturated heterocycles. The number of rotatable bonds is 7. The lowest BCUT2D eigenvalue weighted by atomic mass is 10.2. The fraction of sp³-hybridized carbons (Fsp3) is 0.125. The molecule has 0 fully saturated rings. The quantitative estimate of drug-likeness (QED) is 0.333. The van der Waals surface area contributed by atoms with Crippen LogP contribution in [0.3, 0.4) is 0 Å². The Bertz CT molecular complexity index is 1290. The number of hydrogen-bond acceptors (Lipinski definition) is 6. The summed E-state index contributed by atoms with van der Waals surface area (Å²) in [7, 11) is 1.30. The highest BCUT2D eigenvalue weighted by Gasteiger charge is 2.17. The molecule has 33 heavy (non-hydrogen) atoms. The summed E-state index contributed by atoms with van der Waals surface area (Å²) in [5.41, 5.74) is 5.70. The van der Waals surface area contributed by atoms with Crippen LogP contribution in [-0.2, 0) is 22.7 Å². The summed E-state index contributed by atoms with van der Waals surface area (Å²) < 4.78 is 17.5. The Labute approximate surface area is 188 Å². The van der Waals surface area contributed by atoms with Crippen molar-refractivity contribution in [2.24, 2.45) is 0 Å². The highest BCUT2D eigenvalue weighted by molar-refractivity contribution is 6.04. The summed E-state index contributed by atoms with van der Waals surface area (Å²) in [4.78, 5) is 36.7. The van der Waals surface area contributed by atoms with Gasteiger partial charge in [-0.3, -0.25) is 20.4 Å². The normalized spacial score (nSPS) is 10.6. The molecule has 0 saturated carbocycles. The van der Waals surface area contributed by atoms with Crippen LogP contribution in [-0.4, -0.2) is 29.5 Å². The number of hydrazine groups is 1. The average molecular weight is 447 g/mol. The van der Waals surface area contributed by atoms with Gasteiger partial charge < -0.3 is 18.5 Å². The maximum atomic E-state index is 12.4. The first-order valence-electron chi connectivity index (χ1n) is 10.1. The molecule has 0 aliphatic rings. The van der Waals surface area contributed by atoms with Crippen molar-refractivity contribution in [2.45, 2.75) is 13.2 Å². The van der Waals surface area contributed by atoms with Crippen LogP contribution in [0.1, 0.15) is 26.7 Å². The van der Waals surface area contributed by atoms with Gasteiger partial charge in [-0.1, -0.05) is 36.4 Å². The van der Waals surface area contributed by atoms with Crippen molar-refractivity contribution in [3.63, 3.8) is 0 Å². The van der Waals surface area contributed by atoms with Gasteiger partial charge in [0.15, 0.2) is 5.76 Å². The van der Waals surface area contributed by atoms with E-state index in [1.54, 1.807) is 41.1 Å². The number of ether oxygens (including phenoxy) is 2. The van der Waals surface area contributed by atoms with Crippen molar-refractivity contribution in [3.05, 3.63) is 90.0 Å². The smallest absolute Gasteiger partial charge is 0.340 e. The zero-order valence-electron chi connectivity index (χ0n) is 17.7. The lowest BCUT2D eigenvalue weighted by Crippen LogP contribution is -2.43. The Morgan fingerprint density at radius 1 is 0.939 bits per heavy atom. The van der Waals surface area contributed by atoms with E-state index >= 15 is 0 Å². The number of aromatic nitrogens is 1. The zero-order valence-corrected chi connectivity index (χ0v) is 17.7. The largest absolute Gasteiger partial charge is 0.486 e. The topological polar surface area (TPSA) is 112 Å². The van der Waals surface area contributed by atoms with Crippen molar-refractivity contribution in [3.8, 4) is 5.75 Å². The van der Waals surface area contributed by atoms with Gasteiger partial charge in [-0.05, 0) is 30.3 Å². The summed E-state index contributed by atoms with van der Waals surface area (Å²) >= 11 is 0. The number of fused-ring (bicyclic) bond motifs is 1. The van der Waals surface area contributed by atoms with E-state index in [1.807, 2.05) is 30.3 Å². The molecule has 0 unspecified atom stereocenters. The lowest BCUT2D eigenvalue weighted by molar-refractivity contribution is -0.122. The van der Waals surface area contributed by atoms with Crippen molar-refractivity contribution >= 4 is 28.7 Å². The van der Waals surface area contributed by atoms with Gasteiger partial charge in [-0.2, -0.15) is 0 Å². The number of benzene rings is 2. The van der Waals surface area contributed by atoms with Crippen LogP contribution >= 0.6 is 0 Å². The second-order valence-corrected chi connectivity index (χ2v) is 7.05. The first kappa shape index (κ1) is 21.7. The van der Waals surface area contributed by atoms with E-state index in [1.165, 1.54) is 13.2 Å². The molecule has 9 nitrogen and oxygen atoms in total. The van der Waals surface area contributed by atoms with Crippen LogP contribution in [0.15, 0.2) is 77.3 Å². The molecule has 0 spiro atoms. The fourth-order valence-electron chi connectivity index (χ4n) is 3.28. The molecule has 0 atom stereocenters. The Balaban J connectivity index is 1.33. The number of carbonyl (C=O) groups excluding carboxylic acids is 3. The SMILES string of the molecule is COC(=O)c1cn(CC(=O)NNC(=O)c2ccc(COc3ccccc3)o2)c2ccccc12. The minimum absolute atomic E-state index is 0.0290. The van der Waals surface area contributed by atoms with Gasteiger partial charge >= 0.3 is 11.9 Å². The molecule has 2 N–H and O–H groups in total. The van der Waals surface area contributed by atoms with Gasteiger partial charge in [-0.25, -0.2) is 4.79 Å². The summed E-state index contributed by atoms with van der Waals surface area (Å²) in [5, 5.41) is 0.669. The Kier molecular flexibility index (Phi) is 6.40.